The van der Waals surface area contributed by atoms with Gasteiger partial charge < -0.3 is 10.1 Å². The van der Waals surface area contributed by atoms with Gasteiger partial charge in [0.15, 0.2) is 0 Å². The van der Waals surface area contributed by atoms with Crippen LogP contribution in [0.15, 0.2) is 23.0 Å². The lowest BCUT2D eigenvalue weighted by atomic mass is 10.0. The number of aromatic amines is 1. The summed E-state index contributed by atoms with van der Waals surface area (Å²) in [5, 5.41) is 9.38. The number of aryl methyl sites for hydroxylation is 1. The molecule has 0 fully saturated rings. The molecule has 0 amide bonds. The second kappa shape index (κ2) is 2.52. The zero-order chi connectivity index (χ0) is 8.55. The molecule has 1 aromatic rings. The highest BCUT2D eigenvalue weighted by Gasteiger charge is 2.11. The summed E-state index contributed by atoms with van der Waals surface area (Å²) >= 11 is 0. The van der Waals surface area contributed by atoms with Crippen molar-refractivity contribution in [2.45, 2.75) is 12.8 Å². The van der Waals surface area contributed by atoms with Crippen molar-refractivity contribution in [3.8, 4) is 0 Å². The number of H-pyrrole nitrogens is 1. The van der Waals surface area contributed by atoms with Crippen LogP contribution in [-0.2, 0) is 6.42 Å². The van der Waals surface area contributed by atoms with Gasteiger partial charge >= 0.3 is 0 Å². The van der Waals surface area contributed by atoms with E-state index < -0.39 is 0 Å². The van der Waals surface area contributed by atoms with E-state index in [-0.39, 0.29) is 11.3 Å². The van der Waals surface area contributed by atoms with Gasteiger partial charge in [-0.25, -0.2) is 0 Å². The summed E-state index contributed by atoms with van der Waals surface area (Å²) in [7, 11) is 0. The number of allylic oxidation sites excluding steroid dienone is 1. The Hall–Kier alpha value is -1.51. The summed E-state index contributed by atoms with van der Waals surface area (Å²) in [5.74, 6) is 0.189. The molecule has 0 spiro atoms. The fraction of sp³-hybridized carbons (Fsp3) is 0.222. The molecule has 0 saturated heterocycles. The molecule has 0 bridgehead atoms. The maximum atomic E-state index is 10.9. The van der Waals surface area contributed by atoms with E-state index in [1.54, 1.807) is 12.1 Å². The largest absolute Gasteiger partial charge is 0.506 e. The van der Waals surface area contributed by atoms with Gasteiger partial charge in [-0.1, -0.05) is 6.07 Å². The number of aromatic nitrogens is 1. The average Bonchev–Trinajstić information content (AvgIpc) is 2.07. The van der Waals surface area contributed by atoms with Crippen molar-refractivity contribution in [2.75, 3.05) is 0 Å². The van der Waals surface area contributed by atoms with E-state index in [4.69, 9.17) is 0 Å². The molecule has 2 N–H and O–H groups in total. The Labute approximate surface area is 69.4 Å². The number of hydrogen-bond acceptors (Lipinski definition) is 2. The lowest BCUT2D eigenvalue weighted by Crippen LogP contribution is -2.11. The van der Waals surface area contributed by atoms with E-state index in [1.165, 1.54) is 6.07 Å². The molecule has 0 atom stereocenters. The van der Waals surface area contributed by atoms with Crippen LogP contribution in [0.4, 0.5) is 0 Å². The van der Waals surface area contributed by atoms with Gasteiger partial charge in [0.05, 0.1) is 5.69 Å². The molecule has 1 aromatic heterocycles. The van der Waals surface area contributed by atoms with Gasteiger partial charge in [0.1, 0.15) is 5.76 Å². The molecule has 1 heterocycles. The van der Waals surface area contributed by atoms with E-state index in [0.29, 0.717) is 5.69 Å². The Bertz CT molecular complexity index is 390. The minimum atomic E-state index is -0.171. The minimum absolute atomic E-state index is 0.171. The lowest BCUT2D eigenvalue weighted by molar-refractivity contribution is 0.501. The number of fused-ring (bicyclic) bond motifs is 1. The van der Waals surface area contributed by atoms with Gasteiger partial charge in [-0.2, -0.15) is 0 Å². The molecule has 1 aliphatic rings. The van der Waals surface area contributed by atoms with Crippen LogP contribution in [0.3, 0.4) is 0 Å². The minimum Gasteiger partial charge on any atom is -0.506 e. The van der Waals surface area contributed by atoms with Gasteiger partial charge in [0.25, 0.3) is 0 Å². The van der Waals surface area contributed by atoms with Crippen molar-refractivity contribution in [3.05, 3.63) is 39.8 Å². The Balaban J connectivity index is 2.65. The summed E-state index contributed by atoms with van der Waals surface area (Å²) in [6, 6.07) is 3.24. The van der Waals surface area contributed by atoms with Crippen molar-refractivity contribution in [3.63, 3.8) is 0 Å². The van der Waals surface area contributed by atoms with E-state index in [1.807, 2.05) is 0 Å². The molecule has 0 saturated carbocycles. The predicted molar refractivity (Wildman–Crippen MR) is 46.0 cm³/mol. The number of pyridine rings is 1. The maximum absolute atomic E-state index is 10.9. The topological polar surface area (TPSA) is 53.1 Å². The molecule has 3 heteroatoms. The number of hydrogen-bond donors (Lipinski definition) is 2. The fourth-order valence-electron chi connectivity index (χ4n) is 1.41. The quantitative estimate of drug-likeness (QED) is 0.604. The van der Waals surface area contributed by atoms with E-state index in [2.05, 4.69) is 4.98 Å². The summed E-state index contributed by atoms with van der Waals surface area (Å²) < 4.78 is 0. The highest BCUT2D eigenvalue weighted by Crippen LogP contribution is 2.20. The first-order valence-corrected chi connectivity index (χ1v) is 3.89. The van der Waals surface area contributed by atoms with Crippen LogP contribution >= 0.6 is 0 Å². The number of aliphatic hydroxyl groups excluding tert-OH is 1. The summed E-state index contributed by atoms with van der Waals surface area (Å²) in [4.78, 5) is 13.5. The molecule has 1 aliphatic carbocycles. The Morgan fingerprint density at radius 2 is 2.25 bits per heavy atom. The summed E-state index contributed by atoms with van der Waals surface area (Å²) in [5.41, 5.74) is 1.42. The van der Waals surface area contributed by atoms with Crippen molar-refractivity contribution < 1.29 is 5.11 Å². The van der Waals surface area contributed by atoms with Crippen LogP contribution in [0.1, 0.15) is 17.7 Å². The van der Waals surface area contributed by atoms with Crippen LogP contribution in [0, 0.1) is 0 Å². The molecular formula is C9H9NO2. The zero-order valence-electron chi connectivity index (χ0n) is 6.50. The molecule has 0 radical (unpaired) electrons. The normalized spacial score (nSPS) is 15.2. The smallest absolute Gasteiger partial charge is 0.248 e. The van der Waals surface area contributed by atoms with Gasteiger partial charge in [-0.3, -0.25) is 4.79 Å². The van der Waals surface area contributed by atoms with E-state index in [0.717, 1.165) is 18.4 Å². The Morgan fingerprint density at radius 3 is 3.08 bits per heavy atom. The Morgan fingerprint density at radius 1 is 1.42 bits per heavy atom. The highest BCUT2D eigenvalue weighted by molar-refractivity contribution is 5.59. The zero-order valence-corrected chi connectivity index (χ0v) is 6.50. The van der Waals surface area contributed by atoms with Gasteiger partial charge in [-0.05, 0) is 24.5 Å². The van der Waals surface area contributed by atoms with Crippen molar-refractivity contribution >= 4 is 5.76 Å². The fourth-order valence-corrected chi connectivity index (χ4v) is 1.41. The molecule has 12 heavy (non-hydrogen) atoms. The first kappa shape index (κ1) is 7.16. The first-order valence-electron chi connectivity index (χ1n) is 3.89. The van der Waals surface area contributed by atoms with E-state index in [9.17, 15) is 9.90 Å². The van der Waals surface area contributed by atoms with Crippen molar-refractivity contribution in [1.82, 2.24) is 4.98 Å². The van der Waals surface area contributed by atoms with Crippen LogP contribution < -0.4 is 5.56 Å². The second-order valence-corrected chi connectivity index (χ2v) is 2.85. The van der Waals surface area contributed by atoms with Gasteiger partial charge in [0.2, 0.25) is 5.56 Å². The van der Waals surface area contributed by atoms with Crippen LogP contribution in [-0.4, -0.2) is 10.1 Å². The lowest BCUT2D eigenvalue weighted by Gasteiger charge is -2.11. The van der Waals surface area contributed by atoms with E-state index >= 15 is 0 Å². The number of nitrogens with one attached hydrogen (secondary N) is 1. The second-order valence-electron chi connectivity index (χ2n) is 2.85. The van der Waals surface area contributed by atoms with Gasteiger partial charge in [0, 0.05) is 6.07 Å². The highest BCUT2D eigenvalue weighted by atomic mass is 16.3. The molecule has 3 nitrogen and oxygen atoms in total. The standard InChI is InChI=1S/C9H9NO2/c11-7-3-1-2-6-4-5-8(12)10-9(6)7/h3-5,11H,1-2H2,(H,10,12). The Kier molecular flexibility index (Phi) is 1.50. The third-order valence-electron chi connectivity index (χ3n) is 2.01. The molecular weight excluding hydrogens is 154 g/mol. The van der Waals surface area contributed by atoms with Crippen molar-refractivity contribution in [2.24, 2.45) is 0 Å². The maximum Gasteiger partial charge on any atom is 0.248 e. The molecule has 0 aliphatic heterocycles. The molecule has 62 valence electrons. The third kappa shape index (κ3) is 1.03. The van der Waals surface area contributed by atoms with Crippen molar-refractivity contribution in [1.29, 1.82) is 0 Å². The SMILES string of the molecule is O=c1ccc2c([nH]1)C(O)=CCC2. The predicted octanol–water partition coefficient (Wildman–Crippen LogP) is 1.22. The molecule has 0 unspecified atom stereocenters. The van der Waals surface area contributed by atoms with Crippen LogP contribution in [0.2, 0.25) is 0 Å². The average molecular weight is 163 g/mol. The van der Waals surface area contributed by atoms with Crippen LogP contribution in [0.25, 0.3) is 5.76 Å². The first-order chi connectivity index (χ1) is 5.77. The summed E-state index contributed by atoms with van der Waals surface area (Å²) in [6.45, 7) is 0. The number of rotatable bonds is 0. The molecule has 0 aromatic carbocycles. The third-order valence-corrected chi connectivity index (χ3v) is 2.01. The van der Waals surface area contributed by atoms with Crippen LogP contribution in [0.5, 0.6) is 0 Å². The molecule has 2 rings (SSSR count). The van der Waals surface area contributed by atoms with Gasteiger partial charge in [-0.15, -0.1) is 0 Å². The number of aliphatic hydroxyl groups is 1. The monoisotopic (exact) mass is 163 g/mol. The summed E-state index contributed by atoms with van der Waals surface area (Å²) in [6.07, 6.45) is 3.44.